The standard InChI is InChI=1S/C35H49N7O6/c1-22(2)17-29(24(4)37-30(19-33(45)46)34(47)38-27-10-7-8-16-42(20-27)21-31(36)43)40-32(44)18-25-12-14-26(15-13-25)39-35(48)41-28-11-6-5-9-23(28)3/h5-6,9,11-15,22,27,29-30,37H,4,7-8,10,16-21H2,1-3H3,(H2,36,43)(H,38,47)(H,40,44)(H,45,46)(H2,39,41,48)/t27?,29-,30-/m0/s1. The zero-order chi connectivity index (χ0) is 35.2. The molecule has 2 aromatic rings. The lowest BCUT2D eigenvalue weighted by Crippen LogP contribution is -2.53. The van der Waals surface area contributed by atoms with Crippen LogP contribution in [0.5, 0.6) is 0 Å². The Labute approximate surface area is 282 Å². The molecule has 1 saturated heterocycles. The molecule has 260 valence electrons. The van der Waals surface area contributed by atoms with E-state index >= 15 is 0 Å². The normalized spacial score (nSPS) is 16.1. The molecule has 13 nitrogen and oxygen atoms in total. The topological polar surface area (TPSA) is 195 Å². The molecule has 5 amide bonds. The van der Waals surface area contributed by atoms with Crippen LogP contribution in [0, 0.1) is 12.8 Å². The Bertz CT molecular complexity index is 1450. The maximum absolute atomic E-state index is 13.3. The summed E-state index contributed by atoms with van der Waals surface area (Å²) in [6.07, 6.45) is 2.45. The molecule has 13 heteroatoms. The molecule has 1 aliphatic heterocycles. The summed E-state index contributed by atoms with van der Waals surface area (Å²) >= 11 is 0. The largest absolute Gasteiger partial charge is 0.481 e. The van der Waals surface area contributed by atoms with Gasteiger partial charge in [0.1, 0.15) is 6.04 Å². The quantitative estimate of drug-likeness (QED) is 0.142. The number of hydrogen-bond acceptors (Lipinski definition) is 7. The van der Waals surface area contributed by atoms with E-state index in [-0.39, 0.29) is 36.9 Å². The molecule has 0 aliphatic carbocycles. The number of aryl methyl sites for hydroxylation is 1. The number of likely N-dealkylation sites (tertiary alicyclic amines) is 1. The number of carboxylic acid groups (broad SMARTS) is 1. The lowest BCUT2D eigenvalue weighted by atomic mass is 10.00. The summed E-state index contributed by atoms with van der Waals surface area (Å²) in [5, 5.41) is 24.1. The molecular formula is C35H49N7O6. The van der Waals surface area contributed by atoms with Crippen LogP contribution in [0.1, 0.15) is 57.1 Å². The molecule has 0 aromatic heterocycles. The monoisotopic (exact) mass is 663 g/mol. The highest BCUT2D eigenvalue weighted by Gasteiger charge is 2.29. The summed E-state index contributed by atoms with van der Waals surface area (Å²) in [5.74, 6) is -2.25. The first-order valence-corrected chi connectivity index (χ1v) is 16.3. The summed E-state index contributed by atoms with van der Waals surface area (Å²) in [6, 6.07) is 12.0. The van der Waals surface area contributed by atoms with Crippen LogP contribution < -0.4 is 32.3 Å². The van der Waals surface area contributed by atoms with Gasteiger partial charge in [-0.15, -0.1) is 0 Å². The van der Waals surface area contributed by atoms with E-state index in [0.717, 1.165) is 24.0 Å². The summed E-state index contributed by atoms with van der Waals surface area (Å²) < 4.78 is 0. The van der Waals surface area contributed by atoms with Crippen molar-refractivity contribution in [3.63, 3.8) is 0 Å². The highest BCUT2D eigenvalue weighted by molar-refractivity contribution is 6.00. The van der Waals surface area contributed by atoms with Crippen molar-refractivity contribution in [2.75, 3.05) is 30.3 Å². The SMILES string of the molecule is C=C(N[C@@H](CC(=O)O)C(=O)NC1CCCCN(CC(N)=O)C1)[C@H](CC(C)C)NC(=O)Cc1ccc(NC(=O)Nc2ccccc2C)cc1. The number of nitrogens with two attached hydrogens (primary N) is 1. The van der Waals surface area contributed by atoms with Crippen molar-refractivity contribution in [1.82, 2.24) is 20.9 Å². The van der Waals surface area contributed by atoms with Gasteiger partial charge in [0.05, 0.1) is 25.4 Å². The first kappa shape index (κ1) is 37.5. The molecule has 1 aliphatic rings. The van der Waals surface area contributed by atoms with Crippen molar-refractivity contribution in [3.05, 3.63) is 71.9 Å². The molecular weight excluding hydrogens is 614 g/mol. The lowest BCUT2D eigenvalue weighted by Gasteiger charge is -2.29. The van der Waals surface area contributed by atoms with Crippen LogP contribution in [-0.4, -0.2) is 77.5 Å². The number of carbonyl (C=O) groups is 5. The van der Waals surface area contributed by atoms with E-state index < -0.39 is 36.3 Å². The third kappa shape index (κ3) is 13.1. The first-order chi connectivity index (χ1) is 22.8. The number of rotatable bonds is 16. The van der Waals surface area contributed by atoms with Crippen LogP contribution in [0.3, 0.4) is 0 Å². The van der Waals surface area contributed by atoms with E-state index in [1.807, 2.05) is 49.9 Å². The lowest BCUT2D eigenvalue weighted by molar-refractivity contribution is -0.140. The molecule has 1 unspecified atom stereocenters. The molecule has 0 saturated carbocycles. The predicted molar refractivity (Wildman–Crippen MR) is 185 cm³/mol. The van der Waals surface area contributed by atoms with Gasteiger partial charge >= 0.3 is 12.0 Å². The molecule has 0 bridgehead atoms. The number of primary amides is 1. The zero-order valence-corrected chi connectivity index (χ0v) is 28.0. The molecule has 0 radical (unpaired) electrons. The van der Waals surface area contributed by atoms with Crippen LogP contribution in [0.2, 0.25) is 0 Å². The third-order valence-corrected chi connectivity index (χ3v) is 7.97. The van der Waals surface area contributed by atoms with Crippen molar-refractivity contribution in [2.45, 2.75) is 77.4 Å². The van der Waals surface area contributed by atoms with E-state index in [0.29, 0.717) is 43.0 Å². The fraction of sp³-hybridized carbons (Fsp3) is 0.457. The number of urea groups is 1. The van der Waals surface area contributed by atoms with Crippen molar-refractivity contribution >= 4 is 41.1 Å². The number of amides is 5. The third-order valence-electron chi connectivity index (χ3n) is 7.97. The molecule has 2 aromatic carbocycles. The fourth-order valence-electron chi connectivity index (χ4n) is 5.61. The number of hydrogen-bond donors (Lipinski definition) is 7. The Morgan fingerprint density at radius 1 is 0.979 bits per heavy atom. The number of anilines is 2. The second-order valence-electron chi connectivity index (χ2n) is 12.7. The number of carboxylic acids is 1. The molecule has 8 N–H and O–H groups in total. The Morgan fingerprint density at radius 3 is 2.33 bits per heavy atom. The minimum atomic E-state index is -1.17. The van der Waals surface area contributed by atoms with Gasteiger partial charge in [-0.05, 0) is 68.0 Å². The van der Waals surface area contributed by atoms with Crippen molar-refractivity contribution < 1.29 is 29.1 Å². The second kappa shape index (κ2) is 18.4. The number of nitrogens with one attached hydrogen (secondary N) is 5. The van der Waals surface area contributed by atoms with E-state index in [2.05, 4.69) is 33.2 Å². The van der Waals surface area contributed by atoms with Gasteiger partial charge in [0.25, 0.3) is 0 Å². The zero-order valence-electron chi connectivity index (χ0n) is 28.0. The fourth-order valence-corrected chi connectivity index (χ4v) is 5.61. The highest BCUT2D eigenvalue weighted by atomic mass is 16.4. The molecule has 1 fully saturated rings. The van der Waals surface area contributed by atoms with Crippen molar-refractivity contribution in [3.8, 4) is 0 Å². The number of carbonyl (C=O) groups excluding carboxylic acids is 4. The van der Waals surface area contributed by atoms with Gasteiger partial charge in [-0.25, -0.2) is 4.79 Å². The van der Waals surface area contributed by atoms with Gasteiger partial charge in [-0.3, -0.25) is 24.1 Å². The van der Waals surface area contributed by atoms with Gasteiger partial charge < -0.3 is 37.4 Å². The van der Waals surface area contributed by atoms with Crippen LogP contribution in [-0.2, 0) is 25.6 Å². The number of aliphatic carboxylic acids is 1. The number of para-hydroxylation sites is 1. The maximum atomic E-state index is 13.3. The van der Waals surface area contributed by atoms with Crippen molar-refractivity contribution in [1.29, 1.82) is 0 Å². The van der Waals surface area contributed by atoms with E-state index in [4.69, 9.17) is 5.73 Å². The minimum Gasteiger partial charge on any atom is -0.481 e. The summed E-state index contributed by atoms with van der Waals surface area (Å²) in [6.45, 7) is 11.1. The molecule has 3 atom stereocenters. The number of benzene rings is 2. The Balaban J connectivity index is 1.59. The molecule has 3 rings (SSSR count). The Morgan fingerprint density at radius 2 is 1.69 bits per heavy atom. The average Bonchev–Trinajstić information content (AvgIpc) is 3.22. The second-order valence-corrected chi connectivity index (χ2v) is 12.7. The van der Waals surface area contributed by atoms with Crippen LogP contribution in [0.25, 0.3) is 0 Å². The van der Waals surface area contributed by atoms with E-state index in [9.17, 15) is 29.1 Å². The first-order valence-electron chi connectivity index (χ1n) is 16.3. The van der Waals surface area contributed by atoms with Gasteiger partial charge in [0.15, 0.2) is 0 Å². The maximum Gasteiger partial charge on any atom is 0.323 e. The van der Waals surface area contributed by atoms with Crippen LogP contribution in [0.15, 0.2) is 60.8 Å². The predicted octanol–water partition coefficient (Wildman–Crippen LogP) is 3.12. The van der Waals surface area contributed by atoms with Gasteiger partial charge in [-0.1, -0.05) is 57.2 Å². The van der Waals surface area contributed by atoms with Gasteiger partial charge in [0, 0.05) is 29.7 Å². The molecule has 0 spiro atoms. The van der Waals surface area contributed by atoms with Crippen LogP contribution in [0.4, 0.5) is 16.2 Å². The van der Waals surface area contributed by atoms with Gasteiger partial charge in [-0.2, -0.15) is 0 Å². The molecule has 48 heavy (non-hydrogen) atoms. The highest BCUT2D eigenvalue weighted by Crippen LogP contribution is 2.17. The average molecular weight is 664 g/mol. The van der Waals surface area contributed by atoms with Crippen LogP contribution >= 0.6 is 0 Å². The smallest absolute Gasteiger partial charge is 0.323 e. The van der Waals surface area contributed by atoms with E-state index in [1.165, 1.54) is 0 Å². The van der Waals surface area contributed by atoms with Gasteiger partial charge in [0.2, 0.25) is 17.7 Å². The Kier molecular flexibility index (Phi) is 14.4. The minimum absolute atomic E-state index is 0.0556. The van der Waals surface area contributed by atoms with E-state index in [1.54, 1.807) is 24.3 Å². The summed E-state index contributed by atoms with van der Waals surface area (Å²) in [4.78, 5) is 64.0. The number of nitrogens with zero attached hydrogens (tertiary/aromatic N) is 1. The summed E-state index contributed by atoms with van der Waals surface area (Å²) in [5.41, 5.74) is 8.62. The summed E-state index contributed by atoms with van der Waals surface area (Å²) in [7, 11) is 0. The molecule has 1 heterocycles. The Hall–Kier alpha value is -4.91. The van der Waals surface area contributed by atoms with Crippen molar-refractivity contribution in [2.24, 2.45) is 11.7 Å².